The maximum absolute atomic E-state index is 6.26. The van der Waals surface area contributed by atoms with Crippen molar-refractivity contribution in [3.05, 3.63) is 47.2 Å². The van der Waals surface area contributed by atoms with Crippen LogP contribution in [0.15, 0.2) is 41.7 Å². The van der Waals surface area contributed by atoms with Crippen LogP contribution in [0.4, 0.5) is 5.95 Å². The van der Waals surface area contributed by atoms with Crippen LogP contribution in [0.2, 0.25) is 5.02 Å². The normalized spacial score (nSPS) is 15.2. The maximum atomic E-state index is 6.26. The van der Waals surface area contributed by atoms with Gasteiger partial charge in [0.2, 0.25) is 5.95 Å². The Morgan fingerprint density at radius 1 is 1.23 bits per heavy atom. The van der Waals surface area contributed by atoms with Crippen LogP contribution in [0.1, 0.15) is 5.56 Å². The van der Waals surface area contributed by atoms with Crippen LogP contribution in [-0.2, 0) is 6.42 Å². The lowest BCUT2D eigenvalue weighted by atomic mass is 10.1. The summed E-state index contributed by atoms with van der Waals surface area (Å²) in [6.45, 7) is 3.85. The molecule has 3 rings (SSSR count). The first-order chi connectivity index (χ1) is 12.7. The van der Waals surface area contributed by atoms with Gasteiger partial charge in [0.05, 0.1) is 7.11 Å². The van der Waals surface area contributed by atoms with Crippen molar-refractivity contribution in [3.8, 4) is 5.75 Å². The molecule has 0 bridgehead atoms. The van der Waals surface area contributed by atoms with Gasteiger partial charge < -0.3 is 20.3 Å². The molecule has 1 aromatic heterocycles. The third-order valence-corrected chi connectivity index (χ3v) is 4.71. The summed E-state index contributed by atoms with van der Waals surface area (Å²) in [6.07, 6.45) is 4.25. The number of benzene rings is 1. The second kappa shape index (κ2) is 8.71. The first-order valence-electron chi connectivity index (χ1n) is 8.56. The van der Waals surface area contributed by atoms with Gasteiger partial charge in [-0.15, -0.1) is 0 Å². The molecule has 0 aliphatic carbocycles. The quantitative estimate of drug-likeness (QED) is 0.635. The van der Waals surface area contributed by atoms with Crippen molar-refractivity contribution >= 4 is 23.5 Å². The fraction of sp³-hybridized carbons (Fsp3) is 0.389. The van der Waals surface area contributed by atoms with E-state index < -0.39 is 0 Å². The molecular weight excluding hydrogens is 352 g/mol. The Kier molecular flexibility index (Phi) is 6.12. The van der Waals surface area contributed by atoms with Crippen molar-refractivity contribution in [2.45, 2.75) is 6.42 Å². The lowest BCUT2D eigenvalue weighted by Gasteiger charge is -2.35. The zero-order chi connectivity index (χ0) is 18.4. The number of halogens is 1. The predicted octanol–water partition coefficient (Wildman–Crippen LogP) is 1.82. The van der Waals surface area contributed by atoms with E-state index >= 15 is 0 Å². The van der Waals surface area contributed by atoms with Crippen LogP contribution < -0.4 is 15.4 Å². The molecule has 1 fully saturated rings. The van der Waals surface area contributed by atoms with Gasteiger partial charge in [-0.05, 0) is 30.2 Å². The standard InChI is InChI=1S/C18H23ClN6O/c1-26-15-4-3-14(16(19)13-15)5-8-21-17(20)24-9-11-25(12-10-24)18-22-6-2-7-23-18/h2-4,6-7,13H,5,8-12H2,1H3,(H2,20,21). The summed E-state index contributed by atoms with van der Waals surface area (Å²) in [5.74, 6) is 2.09. The van der Waals surface area contributed by atoms with E-state index in [1.165, 1.54) is 0 Å². The zero-order valence-electron chi connectivity index (χ0n) is 14.8. The van der Waals surface area contributed by atoms with Crippen molar-refractivity contribution in [2.75, 3.05) is 44.7 Å². The Labute approximate surface area is 158 Å². The summed E-state index contributed by atoms with van der Waals surface area (Å²) < 4.78 is 5.16. The molecule has 26 heavy (non-hydrogen) atoms. The Morgan fingerprint density at radius 3 is 2.62 bits per heavy atom. The third kappa shape index (κ3) is 4.54. The number of nitrogens with zero attached hydrogens (tertiary/aromatic N) is 5. The molecule has 0 spiro atoms. The lowest BCUT2D eigenvalue weighted by molar-refractivity contribution is 0.378. The molecule has 2 N–H and O–H groups in total. The second-order valence-electron chi connectivity index (χ2n) is 5.97. The maximum Gasteiger partial charge on any atom is 0.225 e. The summed E-state index contributed by atoms with van der Waals surface area (Å²) in [5, 5.41) is 0.689. The molecule has 2 aromatic rings. The van der Waals surface area contributed by atoms with Crippen LogP contribution >= 0.6 is 11.6 Å². The number of piperazine rings is 1. The van der Waals surface area contributed by atoms with Gasteiger partial charge in [0.25, 0.3) is 0 Å². The zero-order valence-corrected chi connectivity index (χ0v) is 15.6. The Balaban J connectivity index is 1.50. The smallest absolute Gasteiger partial charge is 0.225 e. The molecule has 7 nitrogen and oxygen atoms in total. The van der Waals surface area contributed by atoms with E-state index in [9.17, 15) is 0 Å². The second-order valence-corrected chi connectivity index (χ2v) is 6.38. The summed E-state index contributed by atoms with van der Waals surface area (Å²) in [7, 11) is 1.62. The van der Waals surface area contributed by atoms with E-state index in [0.29, 0.717) is 17.5 Å². The minimum atomic E-state index is 0.572. The number of hydrogen-bond donors (Lipinski definition) is 1. The molecule has 0 unspecified atom stereocenters. The Bertz CT molecular complexity index is 747. The highest BCUT2D eigenvalue weighted by Gasteiger charge is 2.19. The lowest BCUT2D eigenvalue weighted by Crippen LogP contribution is -2.51. The van der Waals surface area contributed by atoms with Crippen LogP contribution in [0.25, 0.3) is 0 Å². The largest absolute Gasteiger partial charge is 0.497 e. The molecule has 138 valence electrons. The Hall–Kier alpha value is -2.54. The fourth-order valence-electron chi connectivity index (χ4n) is 2.84. The number of guanidine groups is 1. The highest BCUT2D eigenvalue weighted by Crippen LogP contribution is 2.22. The number of rotatable bonds is 5. The molecular formula is C18H23ClN6O. The van der Waals surface area contributed by atoms with Crippen molar-refractivity contribution in [3.63, 3.8) is 0 Å². The molecule has 1 aromatic carbocycles. The van der Waals surface area contributed by atoms with Gasteiger partial charge in [-0.1, -0.05) is 17.7 Å². The predicted molar refractivity (Wildman–Crippen MR) is 104 cm³/mol. The molecule has 8 heteroatoms. The van der Waals surface area contributed by atoms with Crippen molar-refractivity contribution < 1.29 is 4.74 Å². The summed E-state index contributed by atoms with van der Waals surface area (Å²) >= 11 is 6.26. The van der Waals surface area contributed by atoms with Crippen molar-refractivity contribution in [2.24, 2.45) is 10.7 Å². The van der Waals surface area contributed by atoms with Gasteiger partial charge in [0.15, 0.2) is 5.96 Å². The number of aliphatic imine (C=N–C) groups is 1. The van der Waals surface area contributed by atoms with E-state index in [1.807, 2.05) is 24.3 Å². The van der Waals surface area contributed by atoms with Crippen LogP contribution in [-0.4, -0.2) is 60.7 Å². The first kappa shape index (κ1) is 18.3. The van der Waals surface area contributed by atoms with Crippen molar-refractivity contribution in [1.29, 1.82) is 0 Å². The third-order valence-electron chi connectivity index (χ3n) is 4.35. The summed E-state index contributed by atoms with van der Waals surface area (Å²) in [5.41, 5.74) is 7.19. The summed E-state index contributed by atoms with van der Waals surface area (Å²) in [6, 6.07) is 7.50. The van der Waals surface area contributed by atoms with Crippen LogP contribution in [0.3, 0.4) is 0 Å². The monoisotopic (exact) mass is 374 g/mol. The highest BCUT2D eigenvalue weighted by molar-refractivity contribution is 6.31. The number of ether oxygens (including phenoxy) is 1. The molecule has 1 aliphatic rings. The average molecular weight is 375 g/mol. The van der Waals surface area contributed by atoms with E-state index in [1.54, 1.807) is 19.5 Å². The number of aromatic nitrogens is 2. The van der Waals surface area contributed by atoms with E-state index in [4.69, 9.17) is 22.1 Å². The SMILES string of the molecule is COc1ccc(CCN=C(N)N2CCN(c3ncccn3)CC2)c(Cl)c1. The highest BCUT2D eigenvalue weighted by atomic mass is 35.5. The molecule has 1 saturated heterocycles. The van der Waals surface area contributed by atoms with E-state index in [2.05, 4.69) is 24.8 Å². The van der Waals surface area contributed by atoms with Gasteiger partial charge in [-0.25, -0.2) is 9.97 Å². The number of anilines is 1. The molecule has 1 aliphatic heterocycles. The average Bonchev–Trinajstić information content (AvgIpc) is 2.70. The van der Waals surface area contributed by atoms with Crippen molar-refractivity contribution in [1.82, 2.24) is 14.9 Å². The van der Waals surface area contributed by atoms with E-state index in [-0.39, 0.29) is 0 Å². The molecule has 0 atom stereocenters. The minimum Gasteiger partial charge on any atom is -0.497 e. The van der Waals surface area contributed by atoms with Crippen LogP contribution in [0.5, 0.6) is 5.75 Å². The van der Waals surface area contributed by atoms with Gasteiger partial charge in [0.1, 0.15) is 5.75 Å². The van der Waals surface area contributed by atoms with Gasteiger partial charge in [-0.3, -0.25) is 4.99 Å². The van der Waals surface area contributed by atoms with Crippen LogP contribution in [0, 0.1) is 0 Å². The topological polar surface area (TPSA) is 79.9 Å². The fourth-order valence-corrected chi connectivity index (χ4v) is 3.10. The number of nitrogens with two attached hydrogens (primary N) is 1. The number of hydrogen-bond acceptors (Lipinski definition) is 5. The van der Waals surface area contributed by atoms with E-state index in [0.717, 1.165) is 49.9 Å². The summed E-state index contributed by atoms with van der Waals surface area (Å²) in [4.78, 5) is 17.3. The van der Waals surface area contributed by atoms with Gasteiger partial charge in [-0.2, -0.15) is 0 Å². The molecule has 0 amide bonds. The molecule has 0 radical (unpaired) electrons. The Morgan fingerprint density at radius 2 is 1.96 bits per heavy atom. The molecule has 0 saturated carbocycles. The number of methoxy groups -OCH3 is 1. The van der Waals surface area contributed by atoms with Gasteiger partial charge >= 0.3 is 0 Å². The van der Waals surface area contributed by atoms with Gasteiger partial charge in [0, 0.05) is 50.1 Å². The molecule has 2 heterocycles. The first-order valence-corrected chi connectivity index (χ1v) is 8.94. The minimum absolute atomic E-state index is 0.572.